The van der Waals surface area contributed by atoms with E-state index in [1.165, 1.54) is 11.8 Å². The van der Waals surface area contributed by atoms with Crippen LogP contribution in [0.5, 0.6) is 0 Å². The molecule has 0 aromatic carbocycles. The fourth-order valence-electron chi connectivity index (χ4n) is 0.734. The van der Waals surface area contributed by atoms with Crippen LogP contribution in [0.4, 0.5) is 0 Å². The predicted molar refractivity (Wildman–Crippen MR) is 47.8 cm³/mol. The van der Waals surface area contributed by atoms with Gasteiger partial charge in [0.05, 0.1) is 12.4 Å². The maximum atomic E-state index is 10.7. The van der Waals surface area contributed by atoms with Crippen LogP contribution >= 0.6 is 0 Å². The summed E-state index contributed by atoms with van der Waals surface area (Å²) >= 11 is 0. The molecule has 0 aliphatic heterocycles. The third kappa shape index (κ3) is 6.02. The van der Waals surface area contributed by atoms with Gasteiger partial charge >= 0.3 is 0 Å². The molecule has 1 atom stereocenters. The van der Waals surface area contributed by atoms with Gasteiger partial charge in [-0.05, 0) is 12.8 Å². The maximum absolute atomic E-state index is 10.7. The number of carbonyl (C=O) groups excluding carboxylic acids is 1. The van der Waals surface area contributed by atoms with Gasteiger partial charge in [-0.3, -0.25) is 15.0 Å². The molecule has 0 saturated heterocycles. The highest BCUT2D eigenvalue weighted by Crippen LogP contribution is 1.94. The molecule has 0 aromatic heterocycles. The van der Waals surface area contributed by atoms with Crippen molar-refractivity contribution in [3.63, 3.8) is 0 Å². The first kappa shape index (κ1) is 11.8. The average molecular weight is 189 g/mol. The van der Waals surface area contributed by atoms with Crippen molar-refractivity contribution in [3.8, 4) is 0 Å². The first-order valence-electron chi connectivity index (χ1n) is 3.86. The summed E-state index contributed by atoms with van der Waals surface area (Å²) in [6, 6.07) is -0.689. The lowest BCUT2D eigenvalue weighted by Crippen LogP contribution is -2.38. The van der Waals surface area contributed by atoms with Gasteiger partial charge in [0.25, 0.3) is 5.91 Å². The van der Waals surface area contributed by atoms with E-state index >= 15 is 0 Å². The van der Waals surface area contributed by atoms with Gasteiger partial charge in [0.15, 0.2) is 0 Å². The van der Waals surface area contributed by atoms with Crippen LogP contribution in [0.15, 0.2) is 4.99 Å². The Labute approximate surface area is 76.1 Å². The summed E-state index contributed by atoms with van der Waals surface area (Å²) in [4.78, 5) is 14.5. The van der Waals surface area contributed by atoms with Crippen LogP contribution in [-0.4, -0.2) is 30.0 Å². The molecule has 7 N–H and O–H groups in total. The highest BCUT2D eigenvalue weighted by Gasteiger charge is 2.10. The molecule has 0 radical (unpaired) electrons. The molecule has 0 aliphatic rings. The Kier molecular flexibility index (Phi) is 6.79. The minimum Gasteiger partial charge on any atom is -0.320 e. The molecule has 0 heterocycles. The second-order valence-electron chi connectivity index (χ2n) is 2.43. The van der Waals surface area contributed by atoms with E-state index in [1.54, 1.807) is 0 Å². The zero-order valence-electron chi connectivity index (χ0n) is 7.23. The second kappa shape index (κ2) is 7.47. The van der Waals surface area contributed by atoms with Crippen LogP contribution in [0.25, 0.3) is 0 Å². The second-order valence-corrected chi connectivity index (χ2v) is 2.43. The smallest absolute Gasteiger partial charge is 0.260 e. The lowest BCUT2D eigenvalue weighted by molar-refractivity contribution is -0.130. The minimum absolute atomic E-state index is 0.467. The third-order valence-corrected chi connectivity index (χ3v) is 1.42. The van der Waals surface area contributed by atoms with E-state index in [-0.39, 0.29) is 0 Å². The highest BCUT2D eigenvalue weighted by molar-refractivity contribution is 5.80. The summed E-state index contributed by atoms with van der Waals surface area (Å²) in [5.41, 5.74) is 9.11. The van der Waals surface area contributed by atoms with E-state index in [1.807, 2.05) is 0 Å². The molecule has 7 nitrogen and oxygen atoms in total. The SMILES string of the molecule is NNC=NCCCC(N)C(=O)NO. The van der Waals surface area contributed by atoms with E-state index in [2.05, 4.69) is 10.4 Å². The molecule has 0 aromatic rings. The fraction of sp³-hybridized carbons (Fsp3) is 0.667. The predicted octanol–water partition coefficient (Wildman–Crippen LogP) is -1.91. The molecule has 0 rings (SSSR count). The van der Waals surface area contributed by atoms with Crippen molar-refractivity contribution < 1.29 is 10.0 Å². The van der Waals surface area contributed by atoms with Crippen LogP contribution in [0, 0.1) is 0 Å². The monoisotopic (exact) mass is 189 g/mol. The lowest BCUT2D eigenvalue weighted by atomic mass is 10.1. The van der Waals surface area contributed by atoms with E-state index in [9.17, 15) is 4.79 Å². The number of carbonyl (C=O) groups is 1. The zero-order chi connectivity index (χ0) is 10.1. The molecule has 0 bridgehead atoms. The van der Waals surface area contributed by atoms with Crippen LogP contribution < -0.4 is 22.5 Å². The van der Waals surface area contributed by atoms with Gasteiger partial charge in [-0.2, -0.15) is 0 Å². The zero-order valence-corrected chi connectivity index (χ0v) is 7.23. The number of aliphatic imine (C=N–C) groups is 1. The molecule has 7 heteroatoms. The van der Waals surface area contributed by atoms with Crippen LogP contribution in [0.1, 0.15) is 12.8 Å². The lowest BCUT2D eigenvalue weighted by Gasteiger charge is -2.06. The Bertz CT molecular complexity index is 172. The topological polar surface area (TPSA) is 126 Å². The number of hydrogen-bond acceptors (Lipinski definition) is 5. The summed E-state index contributed by atoms with van der Waals surface area (Å²) in [7, 11) is 0. The number of nitrogens with two attached hydrogens (primary N) is 2. The number of nitrogens with one attached hydrogen (secondary N) is 2. The van der Waals surface area contributed by atoms with Crippen molar-refractivity contribution in [2.75, 3.05) is 6.54 Å². The molecule has 0 saturated carbocycles. The molecule has 1 unspecified atom stereocenters. The van der Waals surface area contributed by atoms with Crippen LogP contribution in [-0.2, 0) is 4.79 Å². The third-order valence-electron chi connectivity index (χ3n) is 1.42. The normalized spacial score (nSPS) is 12.8. The summed E-state index contributed by atoms with van der Waals surface area (Å²) < 4.78 is 0. The summed E-state index contributed by atoms with van der Waals surface area (Å²) in [5, 5.41) is 8.21. The molecular weight excluding hydrogens is 174 g/mol. The Hall–Kier alpha value is -1.18. The summed E-state index contributed by atoms with van der Waals surface area (Å²) in [5.74, 6) is 4.34. The highest BCUT2D eigenvalue weighted by atomic mass is 16.5. The summed E-state index contributed by atoms with van der Waals surface area (Å²) in [6.45, 7) is 0.538. The number of rotatable bonds is 6. The number of hydroxylamine groups is 1. The molecule has 0 aliphatic carbocycles. The van der Waals surface area contributed by atoms with E-state index < -0.39 is 11.9 Å². The van der Waals surface area contributed by atoms with E-state index in [0.717, 1.165) is 0 Å². The van der Waals surface area contributed by atoms with Crippen molar-refractivity contribution in [1.29, 1.82) is 0 Å². The van der Waals surface area contributed by atoms with E-state index in [0.29, 0.717) is 19.4 Å². The van der Waals surface area contributed by atoms with Crippen LogP contribution in [0.3, 0.4) is 0 Å². The van der Waals surface area contributed by atoms with Gasteiger partial charge in [-0.15, -0.1) is 0 Å². The summed E-state index contributed by atoms with van der Waals surface area (Å²) in [6.07, 6.45) is 2.48. The van der Waals surface area contributed by atoms with Gasteiger partial charge in [0, 0.05) is 6.54 Å². The van der Waals surface area contributed by atoms with E-state index in [4.69, 9.17) is 16.8 Å². The number of hydrogen-bond donors (Lipinski definition) is 5. The molecule has 1 amide bonds. The first-order chi connectivity index (χ1) is 6.22. The van der Waals surface area contributed by atoms with Gasteiger partial charge < -0.3 is 11.2 Å². The van der Waals surface area contributed by atoms with Gasteiger partial charge in [0.1, 0.15) is 0 Å². The Morgan fingerprint density at radius 3 is 2.92 bits per heavy atom. The van der Waals surface area contributed by atoms with Crippen LogP contribution in [0.2, 0.25) is 0 Å². The van der Waals surface area contributed by atoms with Crippen molar-refractivity contribution in [3.05, 3.63) is 0 Å². The van der Waals surface area contributed by atoms with Gasteiger partial charge in [-0.1, -0.05) is 0 Å². The Balaban J connectivity index is 3.42. The Morgan fingerprint density at radius 1 is 1.69 bits per heavy atom. The largest absolute Gasteiger partial charge is 0.320 e. The molecule has 0 spiro atoms. The minimum atomic E-state index is -0.689. The molecule has 76 valence electrons. The van der Waals surface area contributed by atoms with Gasteiger partial charge in [-0.25, -0.2) is 11.3 Å². The number of nitrogens with zero attached hydrogens (tertiary/aromatic N) is 1. The molecule has 13 heavy (non-hydrogen) atoms. The van der Waals surface area contributed by atoms with Crippen molar-refractivity contribution in [2.24, 2.45) is 16.6 Å². The quantitative estimate of drug-likeness (QED) is 0.0832. The first-order valence-corrected chi connectivity index (χ1v) is 3.86. The average Bonchev–Trinajstić information content (AvgIpc) is 2.16. The standard InChI is InChI=1S/C6H15N5O2/c7-5(6(12)11-13)2-1-3-9-4-10-8/h4-5,13H,1-3,7-8H2,(H,9,10)(H,11,12). The number of hydrazine groups is 1. The fourth-order valence-corrected chi connectivity index (χ4v) is 0.734. The maximum Gasteiger partial charge on any atom is 0.260 e. The van der Waals surface area contributed by atoms with Crippen molar-refractivity contribution in [1.82, 2.24) is 10.9 Å². The molecule has 0 fully saturated rings. The Morgan fingerprint density at radius 2 is 2.38 bits per heavy atom. The molecular formula is C6H15N5O2. The number of amides is 1. The van der Waals surface area contributed by atoms with Crippen molar-refractivity contribution in [2.45, 2.75) is 18.9 Å². The van der Waals surface area contributed by atoms with Gasteiger partial charge in [0.2, 0.25) is 0 Å². The van der Waals surface area contributed by atoms with Crippen molar-refractivity contribution >= 4 is 12.2 Å².